The van der Waals surface area contributed by atoms with Crippen molar-refractivity contribution in [2.24, 2.45) is 0 Å². The summed E-state index contributed by atoms with van der Waals surface area (Å²) >= 11 is 0. The lowest BCUT2D eigenvalue weighted by atomic mass is 10.2. The van der Waals surface area contributed by atoms with E-state index in [1.165, 1.54) is 6.08 Å². The molecule has 0 aliphatic carbocycles. The van der Waals surface area contributed by atoms with Gasteiger partial charge in [-0.1, -0.05) is 6.08 Å². The first-order chi connectivity index (χ1) is 12.7. The Bertz CT molecular complexity index is 803. The minimum atomic E-state index is -5.10. The van der Waals surface area contributed by atoms with E-state index in [0.717, 1.165) is 10.8 Å². The maximum atomic E-state index is 12.3. The zero-order valence-corrected chi connectivity index (χ0v) is 14.0. The van der Waals surface area contributed by atoms with E-state index in [9.17, 15) is 32.7 Å². The van der Waals surface area contributed by atoms with Crippen molar-refractivity contribution in [1.29, 1.82) is 0 Å². The van der Waals surface area contributed by atoms with Crippen molar-refractivity contribution in [3.63, 3.8) is 0 Å². The molecule has 1 aliphatic heterocycles. The first-order valence-corrected chi connectivity index (χ1v) is 7.85. The number of carbonyl (C=O) groups is 1. The second kappa shape index (κ2) is 8.50. The van der Waals surface area contributed by atoms with Gasteiger partial charge in [-0.2, -0.15) is 13.2 Å². The van der Waals surface area contributed by atoms with Gasteiger partial charge in [0.2, 0.25) is 0 Å². The van der Waals surface area contributed by atoms with E-state index in [4.69, 9.17) is 9.47 Å². The van der Waals surface area contributed by atoms with Crippen molar-refractivity contribution in [2.75, 3.05) is 13.2 Å². The van der Waals surface area contributed by atoms with Crippen molar-refractivity contribution < 1.29 is 32.5 Å². The third kappa shape index (κ3) is 5.05. The Hall–Kier alpha value is -2.44. The van der Waals surface area contributed by atoms with Crippen molar-refractivity contribution in [2.45, 2.75) is 37.6 Å². The van der Waals surface area contributed by atoms with Gasteiger partial charge in [0.25, 0.3) is 5.56 Å². The predicted octanol–water partition coefficient (Wildman–Crippen LogP) is -0.434. The summed E-state index contributed by atoms with van der Waals surface area (Å²) in [6.07, 6.45) is -4.65. The predicted molar refractivity (Wildman–Crippen MR) is 84.8 cm³/mol. The fourth-order valence-electron chi connectivity index (χ4n) is 2.54. The lowest BCUT2D eigenvalue weighted by Crippen LogP contribution is -2.40. The van der Waals surface area contributed by atoms with Crippen LogP contribution in [0.1, 0.15) is 18.2 Å². The second-order valence-corrected chi connectivity index (χ2v) is 5.71. The molecule has 0 bridgehead atoms. The molecule has 0 spiro atoms. The molecule has 1 fully saturated rings. The van der Waals surface area contributed by atoms with Gasteiger partial charge in [0, 0.05) is 19.2 Å². The molecule has 3 unspecified atom stereocenters. The molecule has 150 valence electrons. The van der Waals surface area contributed by atoms with Gasteiger partial charge in [-0.25, -0.2) is 4.79 Å². The molecule has 1 amide bonds. The molecule has 1 aromatic rings. The average Bonchev–Trinajstić information content (AvgIpc) is 3.01. The number of aliphatic hydroxyl groups excluding tert-OH is 1. The largest absolute Gasteiger partial charge is 0.471 e. The van der Waals surface area contributed by atoms with Crippen molar-refractivity contribution in [3.05, 3.63) is 45.3 Å². The number of nitrogens with one attached hydrogen (secondary N) is 2. The molecule has 3 atom stereocenters. The fourth-order valence-corrected chi connectivity index (χ4v) is 2.54. The van der Waals surface area contributed by atoms with Gasteiger partial charge in [-0.15, -0.1) is 6.58 Å². The van der Waals surface area contributed by atoms with Crippen molar-refractivity contribution in [3.8, 4) is 0 Å². The van der Waals surface area contributed by atoms with Gasteiger partial charge in [-0.3, -0.25) is 19.1 Å². The van der Waals surface area contributed by atoms with E-state index in [1.54, 1.807) is 5.32 Å². The van der Waals surface area contributed by atoms with E-state index in [0.29, 0.717) is 0 Å². The molecular formula is C15H18F3N3O6. The first-order valence-electron chi connectivity index (χ1n) is 7.85. The molecule has 1 aromatic heterocycles. The maximum absolute atomic E-state index is 12.3. The van der Waals surface area contributed by atoms with Crippen molar-refractivity contribution in [1.82, 2.24) is 14.9 Å². The van der Waals surface area contributed by atoms with Crippen LogP contribution in [0.4, 0.5) is 13.2 Å². The van der Waals surface area contributed by atoms with Gasteiger partial charge >= 0.3 is 17.8 Å². The normalized spacial score (nSPS) is 22.6. The topological polar surface area (TPSA) is 123 Å². The number of amides is 1. The number of nitrogens with zero attached hydrogens (tertiary/aromatic N) is 1. The molecule has 3 N–H and O–H groups in total. The van der Waals surface area contributed by atoms with E-state index in [1.807, 2.05) is 4.98 Å². The number of aromatic amines is 1. The first kappa shape index (κ1) is 20.9. The molecule has 0 radical (unpaired) electrons. The van der Waals surface area contributed by atoms with Crippen LogP contribution in [0.2, 0.25) is 0 Å². The van der Waals surface area contributed by atoms with Gasteiger partial charge in [-0.05, 0) is 0 Å². The Balaban J connectivity index is 2.20. The van der Waals surface area contributed by atoms with Crippen LogP contribution in [0.25, 0.3) is 0 Å². The molecule has 2 heterocycles. The second-order valence-electron chi connectivity index (χ2n) is 5.71. The van der Waals surface area contributed by atoms with Crippen LogP contribution in [0, 0.1) is 0 Å². The highest BCUT2D eigenvalue weighted by molar-refractivity contribution is 5.81. The highest BCUT2D eigenvalue weighted by Gasteiger charge is 2.39. The Labute approximate surface area is 150 Å². The monoisotopic (exact) mass is 393 g/mol. The van der Waals surface area contributed by atoms with E-state index < -0.39 is 48.3 Å². The molecule has 12 heteroatoms. The average molecular weight is 393 g/mol. The summed E-state index contributed by atoms with van der Waals surface area (Å²) in [5.74, 6) is -2.21. The van der Waals surface area contributed by atoms with Crippen LogP contribution in [0.15, 0.2) is 28.4 Å². The molecule has 2 rings (SSSR count). The summed E-state index contributed by atoms with van der Waals surface area (Å²) in [5, 5.41) is 10.9. The molecule has 9 nitrogen and oxygen atoms in total. The molecular weight excluding hydrogens is 375 g/mol. The summed E-state index contributed by atoms with van der Waals surface area (Å²) in [7, 11) is 0. The third-order valence-corrected chi connectivity index (χ3v) is 3.84. The van der Waals surface area contributed by atoms with Crippen LogP contribution >= 0.6 is 0 Å². The highest BCUT2D eigenvalue weighted by Crippen LogP contribution is 2.29. The highest BCUT2D eigenvalue weighted by atomic mass is 19.4. The maximum Gasteiger partial charge on any atom is 0.471 e. The molecule has 0 saturated carbocycles. The SMILES string of the molecule is C=CCOC1CC(n2cc(CNC(=O)C(F)(F)F)c(=O)[nH]c2=O)OC1CO. The minimum Gasteiger partial charge on any atom is -0.394 e. The Morgan fingerprint density at radius 2 is 2.22 bits per heavy atom. The van der Waals surface area contributed by atoms with Crippen LogP contribution < -0.4 is 16.6 Å². The smallest absolute Gasteiger partial charge is 0.394 e. The van der Waals surface area contributed by atoms with Gasteiger partial charge in [0.15, 0.2) is 0 Å². The molecule has 1 saturated heterocycles. The quantitative estimate of drug-likeness (QED) is 0.540. The number of H-pyrrole nitrogens is 1. The van der Waals surface area contributed by atoms with E-state index in [2.05, 4.69) is 6.58 Å². The number of rotatable bonds is 7. The number of halogens is 3. The standard InChI is InChI=1S/C15H18F3N3O6/c1-2-3-26-9-4-11(27-10(9)7-22)21-6-8(12(23)20-14(21)25)5-19-13(24)15(16,17)18/h2,6,9-11,22H,1,3-5,7H2,(H,19,24)(H,20,23,25). The lowest BCUT2D eigenvalue weighted by molar-refractivity contribution is -0.173. The lowest BCUT2D eigenvalue weighted by Gasteiger charge is -2.16. The van der Waals surface area contributed by atoms with E-state index >= 15 is 0 Å². The van der Waals surface area contributed by atoms with Crippen LogP contribution in [0.3, 0.4) is 0 Å². The van der Waals surface area contributed by atoms with Crippen molar-refractivity contribution >= 4 is 5.91 Å². The number of alkyl halides is 3. The number of aromatic nitrogens is 2. The third-order valence-electron chi connectivity index (χ3n) is 3.84. The molecule has 1 aliphatic rings. The number of hydrogen-bond acceptors (Lipinski definition) is 6. The van der Waals surface area contributed by atoms with Crippen LogP contribution in [-0.2, 0) is 20.8 Å². The van der Waals surface area contributed by atoms with Gasteiger partial charge < -0.3 is 19.9 Å². The number of hydrogen-bond donors (Lipinski definition) is 3. The summed E-state index contributed by atoms with van der Waals surface area (Å²) in [4.78, 5) is 36.7. The number of carbonyl (C=O) groups excluding carboxylic acids is 1. The molecule has 0 aromatic carbocycles. The molecule has 27 heavy (non-hydrogen) atoms. The summed E-state index contributed by atoms with van der Waals surface area (Å²) in [6.45, 7) is 2.57. The fraction of sp³-hybridized carbons (Fsp3) is 0.533. The van der Waals surface area contributed by atoms with Crippen LogP contribution in [-0.4, -0.2) is 52.2 Å². The van der Waals surface area contributed by atoms with Gasteiger partial charge in [0.1, 0.15) is 12.3 Å². The van der Waals surface area contributed by atoms with E-state index in [-0.39, 0.29) is 25.2 Å². The van der Waals surface area contributed by atoms with Crippen LogP contribution in [0.5, 0.6) is 0 Å². The minimum absolute atomic E-state index is 0.152. The Kier molecular flexibility index (Phi) is 6.57. The zero-order chi connectivity index (χ0) is 20.2. The summed E-state index contributed by atoms with van der Waals surface area (Å²) in [5.41, 5.74) is -2.06. The Morgan fingerprint density at radius 1 is 1.52 bits per heavy atom. The summed E-state index contributed by atoms with van der Waals surface area (Å²) < 4.78 is 48.7. The summed E-state index contributed by atoms with van der Waals surface area (Å²) in [6, 6.07) is 0. The zero-order valence-electron chi connectivity index (χ0n) is 14.0. The number of aliphatic hydroxyl groups is 1. The number of ether oxygens (including phenoxy) is 2. The Morgan fingerprint density at radius 3 is 2.81 bits per heavy atom. The van der Waals surface area contributed by atoms with Gasteiger partial charge in [0.05, 0.1) is 24.9 Å².